The molecule has 1 aliphatic heterocycles. The maximum absolute atomic E-state index is 13.2. The number of nitrogens with zero attached hydrogens (tertiary/aromatic N) is 1. The summed E-state index contributed by atoms with van der Waals surface area (Å²) in [4.78, 5) is 17.8. The Balaban J connectivity index is 0.00000245. The van der Waals surface area contributed by atoms with Crippen molar-refractivity contribution in [1.82, 2.24) is 4.98 Å². The molecule has 0 bridgehead atoms. The second-order valence-corrected chi connectivity index (χ2v) is 7.58. The van der Waals surface area contributed by atoms with Crippen LogP contribution >= 0.6 is 0 Å². The van der Waals surface area contributed by atoms with E-state index in [1.807, 2.05) is 48.5 Å². The molecule has 1 amide bonds. The summed E-state index contributed by atoms with van der Waals surface area (Å²) in [5, 5.41) is 2.99. The van der Waals surface area contributed by atoms with Crippen LogP contribution in [0.25, 0.3) is 11.3 Å². The van der Waals surface area contributed by atoms with Crippen LogP contribution < -0.4 is 24.3 Å². The van der Waals surface area contributed by atoms with Crippen LogP contribution in [0.1, 0.15) is 19.8 Å². The highest BCUT2D eigenvalue weighted by molar-refractivity contribution is 6.01. The van der Waals surface area contributed by atoms with Crippen LogP contribution in [-0.4, -0.2) is 31.9 Å². The standard InChI is InChI=1S/C24H22N2O5.H2/c1-28-18-8-6-15(12-20(18)29-2)17-4-3-5-22(25-17)26-23(27)24(10-11-24)16-7-9-19-21(13-16)31-14-30-19;/h3-9,12-13H,10-11,14H2,1-2H3,(H,25,26,27);1H. The molecule has 1 N–H and O–H groups in total. The molecule has 7 heteroatoms. The van der Waals surface area contributed by atoms with Crippen molar-refractivity contribution in [2.75, 3.05) is 26.3 Å². The number of pyridine rings is 1. The van der Waals surface area contributed by atoms with Crippen LogP contribution in [0.4, 0.5) is 5.82 Å². The maximum Gasteiger partial charge on any atom is 0.236 e. The third-order valence-electron chi connectivity index (χ3n) is 5.78. The minimum atomic E-state index is -0.554. The third-order valence-corrected chi connectivity index (χ3v) is 5.78. The molecular formula is C24H24N2O5. The van der Waals surface area contributed by atoms with Crippen LogP contribution in [-0.2, 0) is 10.2 Å². The number of amides is 1. The lowest BCUT2D eigenvalue weighted by atomic mass is 9.94. The number of fused-ring (bicyclic) bond motifs is 1. The first-order valence-electron chi connectivity index (χ1n) is 10.0. The average Bonchev–Trinajstić information content (AvgIpc) is 3.49. The Morgan fingerprint density at radius 3 is 2.58 bits per heavy atom. The normalized spacial score (nSPS) is 15.3. The molecule has 1 fully saturated rings. The summed E-state index contributed by atoms with van der Waals surface area (Å²) in [6.07, 6.45) is 1.57. The van der Waals surface area contributed by atoms with Gasteiger partial charge < -0.3 is 24.3 Å². The first-order chi connectivity index (χ1) is 15.1. The van der Waals surface area contributed by atoms with E-state index in [-0.39, 0.29) is 14.1 Å². The van der Waals surface area contributed by atoms with Gasteiger partial charge in [0.15, 0.2) is 23.0 Å². The first kappa shape index (κ1) is 19.2. The van der Waals surface area contributed by atoms with Gasteiger partial charge in [-0.05, 0) is 60.9 Å². The molecule has 2 heterocycles. The van der Waals surface area contributed by atoms with Crippen molar-refractivity contribution in [1.29, 1.82) is 0 Å². The zero-order valence-corrected chi connectivity index (χ0v) is 17.3. The number of aromatic nitrogens is 1. The van der Waals surface area contributed by atoms with Gasteiger partial charge in [0.2, 0.25) is 12.7 Å². The number of rotatable bonds is 6. The maximum atomic E-state index is 13.2. The van der Waals surface area contributed by atoms with E-state index in [0.717, 1.165) is 29.7 Å². The van der Waals surface area contributed by atoms with Gasteiger partial charge >= 0.3 is 0 Å². The summed E-state index contributed by atoms with van der Waals surface area (Å²) in [6.45, 7) is 0.213. The summed E-state index contributed by atoms with van der Waals surface area (Å²) >= 11 is 0. The Morgan fingerprint density at radius 1 is 1.00 bits per heavy atom. The summed E-state index contributed by atoms with van der Waals surface area (Å²) in [7, 11) is 3.19. The van der Waals surface area contributed by atoms with Crippen molar-refractivity contribution >= 4 is 11.7 Å². The van der Waals surface area contributed by atoms with Crippen molar-refractivity contribution in [2.45, 2.75) is 18.3 Å². The predicted octanol–water partition coefficient (Wildman–Crippen LogP) is 4.41. The third kappa shape index (κ3) is 3.42. The van der Waals surface area contributed by atoms with E-state index >= 15 is 0 Å². The minimum Gasteiger partial charge on any atom is -0.493 e. The molecule has 1 aliphatic carbocycles. The summed E-state index contributed by atoms with van der Waals surface area (Å²) in [6, 6.07) is 16.9. The van der Waals surface area contributed by atoms with Crippen molar-refractivity contribution < 1.29 is 25.2 Å². The molecule has 2 aliphatic rings. The number of carbonyl (C=O) groups excluding carboxylic acids is 1. The quantitative estimate of drug-likeness (QED) is 0.636. The van der Waals surface area contributed by atoms with Crippen LogP contribution in [0.15, 0.2) is 54.6 Å². The molecule has 0 spiro atoms. The monoisotopic (exact) mass is 420 g/mol. The van der Waals surface area contributed by atoms with Crippen LogP contribution in [0.3, 0.4) is 0 Å². The number of hydrogen-bond acceptors (Lipinski definition) is 6. The van der Waals surface area contributed by atoms with Gasteiger partial charge in [-0.1, -0.05) is 12.1 Å². The van der Waals surface area contributed by atoms with Gasteiger partial charge in [0, 0.05) is 6.99 Å². The molecule has 160 valence electrons. The second kappa shape index (κ2) is 7.50. The Labute approximate surface area is 181 Å². The number of benzene rings is 2. The summed E-state index contributed by atoms with van der Waals surface area (Å²) in [5.41, 5.74) is 1.98. The number of ether oxygens (including phenoxy) is 4. The molecular weight excluding hydrogens is 396 g/mol. The van der Waals surface area contributed by atoms with Crippen molar-refractivity contribution in [3.63, 3.8) is 0 Å². The Hall–Kier alpha value is -3.74. The van der Waals surface area contributed by atoms with Gasteiger partial charge in [-0.15, -0.1) is 0 Å². The van der Waals surface area contributed by atoms with Crippen molar-refractivity contribution in [2.24, 2.45) is 0 Å². The smallest absolute Gasteiger partial charge is 0.236 e. The number of carbonyl (C=O) groups is 1. The molecule has 7 nitrogen and oxygen atoms in total. The first-order valence-corrected chi connectivity index (χ1v) is 10.0. The lowest BCUT2D eigenvalue weighted by Gasteiger charge is -2.16. The molecule has 0 atom stereocenters. The van der Waals surface area contributed by atoms with Gasteiger partial charge in [0.1, 0.15) is 5.82 Å². The van der Waals surface area contributed by atoms with Crippen LogP contribution in [0.2, 0.25) is 0 Å². The lowest BCUT2D eigenvalue weighted by molar-refractivity contribution is -0.118. The van der Waals surface area contributed by atoms with Gasteiger partial charge in [0.05, 0.1) is 25.3 Å². The zero-order chi connectivity index (χ0) is 21.4. The topological polar surface area (TPSA) is 78.9 Å². The largest absolute Gasteiger partial charge is 0.493 e. The zero-order valence-electron chi connectivity index (χ0n) is 17.3. The molecule has 3 aromatic rings. The average molecular weight is 420 g/mol. The minimum absolute atomic E-state index is 0. The molecule has 2 aromatic carbocycles. The van der Waals surface area contributed by atoms with E-state index in [1.165, 1.54) is 0 Å². The molecule has 0 radical (unpaired) electrons. The fourth-order valence-corrected chi connectivity index (χ4v) is 3.86. The predicted molar refractivity (Wildman–Crippen MR) is 117 cm³/mol. The Bertz CT molecular complexity index is 1160. The van der Waals surface area contributed by atoms with Crippen molar-refractivity contribution in [3.05, 3.63) is 60.2 Å². The molecule has 0 unspecified atom stereocenters. The van der Waals surface area contributed by atoms with Gasteiger partial charge in [-0.2, -0.15) is 0 Å². The van der Waals surface area contributed by atoms with Crippen LogP contribution in [0.5, 0.6) is 23.0 Å². The number of anilines is 1. The molecule has 1 aromatic heterocycles. The fraction of sp³-hybridized carbons (Fsp3) is 0.250. The number of nitrogens with one attached hydrogen (secondary N) is 1. The SMILES string of the molecule is COc1ccc(-c2cccc(NC(=O)C3(c4ccc5c(c4)OCO5)CC3)n2)cc1OC.[HH]. The number of hydrogen-bond donors (Lipinski definition) is 1. The second-order valence-electron chi connectivity index (χ2n) is 7.58. The highest BCUT2D eigenvalue weighted by Gasteiger charge is 2.51. The van der Waals surface area contributed by atoms with E-state index in [2.05, 4.69) is 10.3 Å². The van der Waals surface area contributed by atoms with E-state index in [0.29, 0.717) is 28.8 Å². The fourth-order valence-electron chi connectivity index (χ4n) is 3.86. The highest BCUT2D eigenvalue weighted by Crippen LogP contribution is 2.51. The highest BCUT2D eigenvalue weighted by atomic mass is 16.7. The molecule has 1 saturated carbocycles. The van der Waals surface area contributed by atoms with E-state index in [4.69, 9.17) is 18.9 Å². The molecule has 31 heavy (non-hydrogen) atoms. The molecule has 5 rings (SSSR count). The Kier molecular flexibility index (Phi) is 4.66. The lowest BCUT2D eigenvalue weighted by Crippen LogP contribution is -2.28. The Morgan fingerprint density at radius 2 is 1.81 bits per heavy atom. The van der Waals surface area contributed by atoms with E-state index in [9.17, 15) is 4.79 Å². The van der Waals surface area contributed by atoms with E-state index < -0.39 is 5.41 Å². The van der Waals surface area contributed by atoms with Gasteiger partial charge in [0.25, 0.3) is 0 Å². The summed E-state index contributed by atoms with van der Waals surface area (Å²) in [5.74, 6) is 3.10. The number of methoxy groups -OCH3 is 2. The van der Waals surface area contributed by atoms with Crippen molar-refractivity contribution in [3.8, 4) is 34.3 Å². The van der Waals surface area contributed by atoms with Crippen LogP contribution in [0, 0.1) is 0 Å². The van der Waals surface area contributed by atoms with Gasteiger partial charge in [-0.3, -0.25) is 4.79 Å². The van der Waals surface area contributed by atoms with E-state index in [1.54, 1.807) is 20.3 Å². The summed E-state index contributed by atoms with van der Waals surface area (Å²) < 4.78 is 21.5. The van der Waals surface area contributed by atoms with Gasteiger partial charge in [-0.25, -0.2) is 4.98 Å². The molecule has 0 saturated heterocycles.